The van der Waals surface area contributed by atoms with E-state index in [1.54, 1.807) is 6.92 Å². The van der Waals surface area contributed by atoms with Gasteiger partial charge in [0.1, 0.15) is 10.7 Å². The van der Waals surface area contributed by atoms with E-state index in [-0.39, 0.29) is 10.9 Å². The van der Waals surface area contributed by atoms with Crippen molar-refractivity contribution in [2.45, 2.75) is 49.6 Å². The van der Waals surface area contributed by atoms with Crippen LogP contribution in [-0.2, 0) is 21.4 Å². The highest BCUT2D eigenvalue weighted by Crippen LogP contribution is 2.36. The van der Waals surface area contributed by atoms with E-state index < -0.39 is 43.4 Å². The van der Waals surface area contributed by atoms with Crippen LogP contribution in [0, 0.1) is 11.7 Å². The molecule has 2 aromatic rings. The first-order valence-electron chi connectivity index (χ1n) is 9.38. The quantitative estimate of drug-likeness (QED) is 0.570. The maximum Gasteiger partial charge on any atom is 0.328 e. The number of nitrogens with two attached hydrogens (primary N) is 1. The van der Waals surface area contributed by atoms with Crippen molar-refractivity contribution >= 4 is 26.8 Å². The summed E-state index contributed by atoms with van der Waals surface area (Å²) in [6.45, 7) is 5.21. The highest BCUT2D eigenvalue weighted by atomic mass is 32.2. The molecule has 1 aromatic heterocycles. The molecule has 2 aliphatic carbocycles. The van der Waals surface area contributed by atoms with Crippen molar-refractivity contribution in [1.29, 1.82) is 0 Å². The van der Waals surface area contributed by atoms with Crippen LogP contribution < -0.4 is 21.7 Å². The first kappa shape index (κ1) is 21.9. The van der Waals surface area contributed by atoms with Crippen molar-refractivity contribution in [2.24, 2.45) is 11.7 Å². The molecule has 0 radical (unpaired) electrons. The van der Waals surface area contributed by atoms with Gasteiger partial charge in [-0.05, 0) is 56.7 Å². The molecule has 4 rings (SSSR count). The smallest absolute Gasteiger partial charge is 0.328 e. The predicted molar refractivity (Wildman–Crippen MR) is 109 cm³/mol. The number of rotatable bonds is 6. The number of fused-ring (bicyclic) bond motifs is 1. The highest BCUT2D eigenvalue weighted by molar-refractivity contribution is 7.89. The number of carbonyl (C=O) groups is 1. The first-order valence-corrected chi connectivity index (χ1v) is 10.9. The van der Waals surface area contributed by atoms with Gasteiger partial charge in [-0.25, -0.2) is 22.3 Å². The monoisotopic (exact) mass is 438 g/mol. The summed E-state index contributed by atoms with van der Waals surface area (Å²) in [6.07, 6.45) is 4.38. The molecular weight excluding hydrogens is 415 g/mol. The van der Waals surface area contributed by atoms with Gasteiger partial charge in [-0.2, -0.15) is 0 Å². The Morgan fingerprint density at radius 3 is 2.50 bits per heavy atom. The fourth-order valence-electron chi connectivity index (χ4n) is 2.90. The van der Waals surface area contributed by atoms with Gasteiger partial charge in [0.15, 0.2) is 0 Å². The summed E-state index contributed by atoms with van der Waals surface area (Å²) in [5, 5.41) is -0.0111. The number of H-pyrrole nitrogens is 1. The third-order valence-corrected chi connectivity index (χ3v) is 6.71. The number of hydrogen-bond acceptors (Lipinski definition) is 5. The standard InChI is InChI=1S/C16H18FN3O4S.C3H5NO/c1-16(4-5-16)19-25(23,24)13-6-10-12(7-11(13)17)20(8-9-2-3-9)15(22)18-14(10)21;1-2-3(4)5/h6-7,9,19H,2-5,8H2,1H3,(H,18,21,22);2H,1H2,(H2,4,5). The van der Waals surface area contributed by atoms with E-state index in [1.165, 1.54) is 4.57 Å². The Bertz CT molecular complexity index is 1240. The minimum Gasteiger partial charge on any atom is -0.366 e. The number of primary amides is 1. The van der Waals surface area contributed by atoms with Crippen LogP contribution in [0.4, 0.5) is 4.39 Å². The van der Waals surface area contributed by atoms with Gasteiger partial charge in [0.25, 0.3) is 5.56 Å². The number of amides is 1. The van der Waals surface area contributed by atoms with Crippen molar-refractivity contribution in [3.63, 3.8) is 0 Å². The molecule has 11 heteroatoms. The van der Waals surface area contributed by atoms with Crippen LogP contribution in [0.1, 0.15) is 32.6 Å². The van der Waals surface area contributed by atoms with Gasteiger partial charge in [-0.3, -0.25) is 19.1 Å². The molecule has 162 valence electrons. The molecular formula is C19H23FN4O5S. The molecule has 0 aliphatic heterocycles. The van der Waals surface area contributed by atoms with Crippen LogP contribution >= 0.6 is 0 Å². The van der Waals surface area contributed by atoms with Crippen molar-refractivity contribution in [3.8, 4) is 0 Å². The Hall–Kier alpha value is -2.79. The maximum absolute atomic E-state index is 14.6. The van der Waals surface area contributed by atoms with E-state index in [2.05, 4.69) is 22.0 Å². The molecule has 2 fully saturated rings. The van der Waals surface area contributed by atoms with Gasteiger partial charge in [0.2, 0.25) is 15.9 Å². The molecule has 2 aliphatic rings. The summed E-state index contributed by atoms with van der Waals surface area (Å²) in [6, 6.07) is 1.98. The maximum atomic E-state index is 14.6. The topological polar surface area (TPSA) is 144 Å². The highest BCUT2D eigenvalue weighted by Gasteiger charge is 2.42. The first-order chi connectivity index (χ1) is 14.0. The Kier molecular flexibility index (Phi) is 5.70. The van der Waals surface area contributed by atoms with E-state index in [1.807, 2.05) is 0 Å². The molecule has 1 aromatic carbocycles. The lowest BCUT2D eigenvalue weighted by Gasteiger charge is -2.14. The minimum atomic E-state index is -4.09. The Morgan fingerprint density at radius 2 is 2.00 bits per heavy atom. The zero-order chi connectivity index (χ0) is 22.3. The Morgan fingerprint density at radius 1 is 1.40 bits per heavy atom. The number of nitrogens with one attached hydrogen (secondary N) is 2. The second-order valence-corrected chi connectivity index (χ2v) is 9.54. The van der Waals surface area contributed by atoms with Gasteiger partial charge < -0.3 is 5.73 Å². The summed E-state index contributed by atoms with van der Waals surface area (Å²) in [4.78, 5) is 35.3. The van der Waals surface area contributed by atoms with Crippen molar-refractivity contribution in [3.05, 3.63) is 51.4 Å². The molecule has 0 unspecified atom stereocenters. The number of halogens is 1. The lowest BCUT2D eigenvalue weighted by Crippen LogP contribution is -2.35. The number of hydrogen-bond donors (Lipinski definition) is 3. The van der Waals surface area contributed by atoms with Crippen molar-refractivity contribution in [1.82, 2.24) is 14.3 Å². The average Bonchev–Trinajstić information content (AvgIpc) is 3.57. The molecule has 1 amide bonds. The zero-order valence-electron chi connectivity index (χ0n) is 16.4. The van der Waals surface area contributed by atoms with E-state index in [0.29, 0.717) is 25.3 Å². The third kappa shape index (κ3) is 4.85. The van der Waals surface area contributed by atoms with Gasteiger partial charge in [-0.1, -0.05) is 6.58 Å². The van der Waals surface area contributed by atoms with E-state index in [0.717, 1.165) is 31.1 Å². The Balaban J connectivity index is 0.000000461. The summed E-state index contributed by atoms with van der Waals surface area (Å²) in [5.41, 5.74) is 2.77. The van der Waals surface area contributed by atoms with Crippen LogP contribution in [0.3, 0.4) is 0 Å². The van der Waals surface area contributed by atoms with Crippen LogP contribution in [-0.4, -0.2) is 29.4 Å². The van der Waals surface area contributed by atoms with Gasteiger partial charge in [0, 0.05) is 12.1 Å². The molecule has 0 bridgehead atoms. The van der Waals surface area contributed by atoms with E-state index >= 15 is 0 Å². The number of aromatic nitrogens is 2. The molecule has 1 heterocycles. The van der Waals surface area contributed by atoms with Crippen LogP contribution in [0.25, 0.3) is 10.9 Å². The fraction of sp³-hybridized carbons (Fsp3) is 0.421. The van der Waals surface area contributed by atoms with Gasteiger partial charge in [-0.15, -0.1) is 0 Å². The normalized spacial score (nSPS) is 17.1. The molecule has 2 saturated carbocycles. The van der Waals surface area contributed by atoms with Crippen LogP contribution in [0.15, 0.2) is 39.3 Å². The van der Waals surface area contributed by atoms with E-state index in [9.17, 15) is 27.2 Å². The summed E-state index contributed by atoms with van der Waals surface area (Å²) in [5.74, 6) is -1.13. The van der Waals surface area contributed by atoms with Gasteiger partial charge >= 0.3 is 5.69 Å². The SMILES string of the molecule is C=CC(N)=O.CC1(NS(=O)(=O)c2cc3c(=O)[nH]c(=O)n(CC4CC4)c3cc2F)CC1. The third-order valence-electron chi connectivity index (χ3n) is 5.06. The zero-order valence-corrected chi connectivity index (χ0v) is 17.2. The molecule has 9 nitrogen and oxygen atoms in total. The van der Waals surface area contributed by atoms with Crippen molar-refractivity contribution in [2.75, 3.05) is 0 Å². The molecule has 0 atom stereocenters. The Labute approximate surface area is 171 Å². The van der Waals surface area contributed by atoms with Crippen LogP contribution in [0.2, 0.25) is 0 Å². The minimum absolute atomic E-state index is 0.0111. The fourth-order valence-corrected chi connectivity index (χ4v) is 4.46. The second kappa shape index (κ2) is 7.80. The largest absolute Gasteiger partial charge is 0.366 e. The summed E-state index contributed by atoms with van der Waals surface area (Å²) in [7, 11) is -4.09. The lowest BCUT2D eigenvalue weighted by atomic mass is 10.2. The summed E-state index contributed by atoms with van der Waals surface area (Å²) >= 11 is 0. The van der Waals surface area contributed by atoms with E-state index in [4.69, 9.17) is 0 Å². The average molecular weight is 438 g/mol. The van der Waals surface area contributed by atoms with Crippen molar-refractivity contribution < 1.29 is 17.6 Å². The molecule has 0 saturated heterocycles. The molecule has 4 N–H and O–H groups in total. The molecule has 30 heavy (non-hydrogen) atoms. The number of benzene rings is 1. The predicted octanol–water partition coefficient (Wildman–Crippen LogP) is 0.727. The van der Waals surface area contributed by atoms with Crippen LogP contribution in [0.5, 0.6) is 0 Å². The number of sulfonamides is 1. The molecule has 0 spiro atoms. The van der Waals surface area contributed by atoms with Gasteiger partial charge in [0.05, 0.1) is 10.9 Å². The summed E-state index contributed by atoms with van der Waals surface area (Å²) < 4.78 is 43.3. The lowest BCUT2D eigenvalue weighted by molar-refractivity contribution is -0.113. The second-order valence-electron chi connectivity index (χ2n) is 7.89. The number of carbonyl (C=O) groups excluding carboxylic acids is 1. The number of nitrogens with zero attached hydrogens (tertiary/aromatic N) is 1. The number of aromatic amines is 1.